The number of hydrogen-bond donors (Lipinski definition) is 0. The van der Waals surface area contributed by atoms with Gasteiger partial charge in [-0.2, -0.15) is 5.10 Å². The number of nitrogens with zero attached hydrogens (tertiary/aromatic N) is 3. The van der Waals surface area contributed by atoms with Crippen LogP contribution in [0.25, 0.3) is 0 Å². The van der Waals surface area contributed by atoms with Crippen LogP contribution in [0.15, 0.2) is 71.9 Å². The van der Waals surface area contributed by atoms with Gasteiger partial charge in [0.1, 0.15) is 0 Å². The van der Waals surface area contributed by atoms with E-state index < -0.39 is 6.10 Å². The van der Waals surface area contributed by atoms with Gasteiger partial charge in [0.2, 0.25) is 6.10 Å². The van der Waals surface area contributed by atoms with Crippen LogP contribution in [0.4, 0.5) is 0 Å². The molecular weight excluding hydrogens is 326 g/mol. The van der Waals surface area contributed by atoms with Gasteiger partial charge < -0.3 is 4.84 Å². The van der Waals surface area contributed by atoms with Crippen LogP contribution in [0.3, 0.4) is 0 Å². The van der Waals surface area contributed by atoms with Gasteiger partial charge in [-0.05, 0) is 25.5 Å². The fourth-order valence-corrected chi connectivity index (χ4v) is 3.37. The smallest absolute Gasteiger partial charge is 0.292 e. The average molecular weight is 345 g/mol. The monoisotopic (exact) mass is 345 g/mol. The SMILES string of the molecule is Cc1cc(C)n(C(=O)[C@@H]2ON=C(c3ccccc3)[C@H]2c2ccccc2)n1. The molecule has 5 heteroatoms. The summed E-state index contributed by atoms with van der Waals surface area (Å²) in [5.41, 5.74) is 4.29. The number of aryl methyl sites for hydroxylation is 2. The maximum Gasteiger partial charge on any atom is 0.292 e. The molecule has 0 spiro atoms. The van der Waals surface area contributed by atoms with E-state index in [0.29, 0.717) is 0 Å². The van der Waals surface area contributed by atoms with Crippen LogP contribution in [-0.2, 0) is 4.84 Å². The molecule has 26 heavy (non-hydrogen) atoms. The molecule has 0 radical (unpaired) electrons. The lowest BCUT2D eigenvalue weighted by Crippen LogP contribution is -2.35. The molecule has 0 amide bonds. The molecule has 0 saturated heterocycles. The number of hydrogen-bond acceptors (Lipinski definition) is 4. The van der Waals surface area contributed by atoms with Crippen molar-refractivity contribution in [3.05, 3.63) is 89.2 Å². The first-order chi connectivity index (χ1) is 12.6. The van der Waals surface area contributed by atoms with Gasteiger partial charge in [-0.15, -0.1) is 0 Å². The Morgan fingerprint density at radius 1 is 1.00 bits per heavy atom. The van der Waals surface area contributed by atoms with Crippen LogP contribution >= 0.6 is 0 Å². The van der Waals surface area contributed by atoms with Gasteiger partial charge in [0, 0.05) is 11.3 Å². The summed E-state index contributed by atoms with van der Waals surface area (Å²) in [5.74, 6) is -0.492. The van der Waals surface area contributed by atoms with E-state index in [0.717, 1.165) is 28.2 Å². The second-order valence-electron chi connectivity index (χ2n) is 6.43. The topological polar surface area (TPSA) is 56.5 Å². The summed E-state index contributed by atoms with van der Waals surface area (Å²) in [7, 11) is 0. The summed E-state index contributed by atoms with van der Waals surface area (Å²) < 4.78 is 1.42. The maximum absolute atomic E-state index is 13.1. The van der Waals surface area contributed by atoms with Gasteiger partial charge in [-0.1, -0.05) is 65.8 Å². The van der Waals surface area contributed by atoms with Crippen molar-refractivity contribution < 1.29 is 9.63 Å². The highest BCUT2D eigenvalue weighted by atomic mass is 16.6. The zero-order valence-corrected chi connectivity index (χ0v) is 14.7. The van der Waals surface area contributed by atoms with E-state index in [-0.39, 0.29) is 11.8 Å². The fourth-order valence-electron chi connectivity index (χ4n) is 3.37. The third-order valence-corrected chi connectivity index (χ3v) is 4.55. The first kappa shape index (κ1) is 16.3. The second-order valence-corrected chi connectivity index (χ2v) is 6.43. The fraction of sp³-hybridized carbons (Fsp3) is 0.190. The van der Waals surface area contributed by atoms with Crippen LogP contribution in [0.1, 0.15) is 33.2 Å². The molecule has 2 aromatic carbocycles. The highest BCUT2D eigenvalue weighted by Crippen LogP contribution is 2.33. The van der Waals surface area contributed by atoms with Crippen molar-refractivity contribution in [1.82, 2.24) is 9.78 Å². The van der Waals surface area contributed by atoms with Crippen LogP contribution in [0.2, 0.25) is 0 Å². The Bertz CT molecular complexity index is 961. The molecule has 2 atom stereocenters. The summed E-state index contributed by atoms with van der Waals surface area (Å²) in [6.07, 6.45) is -0.745. The first-order valence-corrected chi connectivity index (χ1v) is 8.56. The molecule has 1 aromatic heterocycles. The molecule has 0 N–H and O–H groups in total. The Labute approximate surface area is 151 Å². The van der Waals surface area contributed by atoms with E-state index in [1.165, 1.54) is 4.68 Å². The molecule has 4 rings (SSSR count). The molecule has 0 bridgehead atoms. The molecule has 3 aromatic rings. The minimum absolute atomic E-state index is 0.209. The summed E-state index contributed by atoms with van der Waals surface area (Å²) in [5, 5.41) is 8.60. The molecule has 1 aliphatic heterocycles. The minimum Gasteiger partial charge on any atom is -0.381 e. The van der Waals surface area contributed by atoms with Crippen molar-refractivity contribution in [2.24, 2.45) is 5.16 Å². The Morgan fingerprint density at radius 2 is 1.65 bits per heavy atom. The normalized spacial score (nSPS) is 19.1. The Kier molecular flexibility index (Phi) is 4.13. The lowest BCUT2D eigenvalue weighted by Gasteiger charge is -2.19. The molecule has 2 heterocycles. The van der Waals surface area contributed by atoms with Crippen LogP contribution in [0, 0.1) is 13.8 Å². The number of benzene rings is 2. The summed E-state index contributed by atoms with van der Waals surface area (Å²) >= 11 is 0. The van der Waals surface area contributed by atoms with E-state index in [4.69, 9.17) is 4.84 Å². The van der Waals surface area contributed by atoms with E-state index in [9.17, 15) is 4.79 Å². The number of oxime groups is 1. The van der Waals surface area contributed by atoms with Crippen molar-refractivity contribution in [3.8, 4) is 0 Å². The van der Waals surface area contributed by atoms with E-state index in [2.05, 4.69) is 10.3 Å². The van der Waals surface area contributed by atoms with Gasteiger partial charge >= 0.3 is 0 Å². The number of aromatic nitrogens is 2. The predicted molar refractivity (Wildman–Crippen MR) is 99.4 cm³/mol. The molecule has 0 aliphatic carbocycles. The zero-order valence-electron chi connectivity index (χ0n) is 14.7. The summed E-state index contributed by atoms with van der Waals surface area (Å²) in [6, 6.07) is 21.6. The Hall–Kier alpha value is -3.21. The van der Waals surface area contributed by atoms with E-state index in [1.807, 2.05) is 80.6 Å². The van der Waals surface area contributed by atoms with Crippen molar-refractivity contribution in [3.63, 3.8) is 0 Å². The molecule has 0 saturated carbocycles. The molecule has 0 unspecified atom stereocenters. The van der Waals surface area contributed by atoms with Crippen LogP contribution in [0.5, 0.6) is 0 Å². The molecule has 1 aliphatic rings. The van der Waals surface area contributed by atoms with Gasteiger partial charge in [-0.3, -0.25) is 4.79 Å². The van der Waals surface area contributed by atoms with Gasteiger partial charge in [0.25, 0.3) is 5.91 Å². The molecular formula is C21H19N3O2. The van der Waals surface area contributed by atoms with Crippen molar-refractivity contribution in [1.29, 1.82) is 0 Å². The zero-order chi connectivity index (χ0) is 18.1. The number of rotatable bonds is 3. The molecule has 130 valence electrons. The first-order valence-electron chi connectivity index (χ1n) is 8.56. The lowest BCUT2D eigenvalue weighted by atomic mass is 9.86. The van der Waals surface area contributed by atoms with Crippen LogP contribution in [-0.4, -0.2) is 27.5 Å². The minimum atomic E-state index is -0.745. The summed E-state index contributed by atoms with van der Waals surface area (Å²) in [4.78, 5) is 18.8. The van der Waals surface area contributed by atoms with Crippen molar-refractivity contribution >= 4 is 11.6 Å². The standard InChI is InChI=1S/C21H19N3O2/c1-14-13-15(2)24(22-14)21(25)20-18(16-9-5-3-6-10-16)19(23-26-20)17-11-7-4-8-12-17/h3-13,18,20H,1-2H3/t18-,20-/m1/s1. The van der Waals surface area contributed by atoms with Gasteiger partial charge in [-0.25, -0.2) is 4.68 Å². The van der Waals surface area contributed by atoms with E-state index in [1.54, 1.807) is 0 Å². The maximum atomic E-state index is 13.1. The summed E-state index contributed by atoms with van der Waals surface area (Å²) in [6.45, 7) is 3.73. The third kappa shape index (κ3) is 2.81. The number of carbonyl (C=O) groups is 1. The lowest BCUT2D eigenvalue weighted by molar-refractivity contribution is 0.0414. The Balaban J connectivity index is 1.76. The Morgan fingerprint density at radius 3 is 2.27 bits per heavy atom. The van der Waals surface area contributed by atoms with E-state index >= 15 is 0 Å². The second kappa shape index (κ2) is 6.59. The highest BCUT2D eigenvalue weighted by molar-refractivity contribution is 6.09. The highest BCUT2D eigenvalue weighted by Gasteiger charge is 2.42. The van der Waals surface area contributed by atoms with Crippen molar-refractivity contribution in [2.75, 3.05) is 0 Å². The van der Waals surface area contributed by atoms with Gasteiger partial charge in [0.15, 0.2) is 0 Å². The molecule has 0 fully saturated rings. The predicted octanol–water partition coefficient (Wildman–Crippen LogP) is 3.73. The average Bonchev–Trinajstić information content (AvgIpc) is 3.26. The quantitative estimate of drug-likeness (QED) is 0.727. The molecule has 5 nitrogen and oxygen atoms in total. The third-order valence-electron chi connectivity index (χ3n) is 4.55. The van der Waals surface area contributed by atoms with Gasteiger partial charge in [0.05, 0.1) is 17.3 Å². The van der Waals surface area contributed by atoms with Crippen molar-refractivity contribution in [2.45, 2.75) is 25.9 Å². The van der Waals surface area contributed by atoms with Crippen LogP contribution < -0.4 is 0 Å². The largest absolute Gasteiger partial charge is 0.381 e. The number of carbonyl (C=O) groups excluding carboxylic acids is 1.